The number of hydrogen-bond acceptors (Lipinski definition) is 5. The third-order valence-electron chi connectivity index (χ3n) is 4.57. The lowest BCUT2D eigenvalue weighted by molar-refractivity contribution is -0.271. The van der Waals surface area contributed by atoms with Gasteiger partial charge in [0.05, 0.1) is 13.2 Å². The molecule has 1 atom stereocenters. The summed E-state index contributed by atoms with van der Waals surface area (Å²) in [6.45, 7) is 1.95. The Morgan fingerprint density at radius 1 is 1.15 bits per heavy atom. The number of ether oxygens (including phenoxy) is 2. The number of carboxylic acids is 2. The van der Waals surface area contributed by atoms with E-state index in [1.54, 1.807) is 30.3 Å². The van der Waals surface area contributed by atoms with Crippen molar-refractivity contribution in [3.63, 3.8) is 0 Å². The molecule has 0 bridgehead atoms. The third-order valence-corrected chi connectivity index (χ3v) is 4.57. The molecule has 1 saturated heterocycles. The maximum Gasteiger partial charge on any atom is 0.364 e. The van der Waals surface area contributed by atoms with Crippen molar-refractivity contribution in [2.75, 3.05) is 13.2 Å². The molecule has 27 heavy (non-hydrogen) atoms. The molecule has 1 aliphatic heterocycles. The number of carbonyl (C=O) groups is 3. The van der Waals surface area contributed by atoms with Crippen molar-refractivity contribution < 1.29 is 34.1 Å². The summed E-state index contributed by atoms with van der Waals surface area (Å²) in [6, 6.07) is 7.52. The van der Waals surface area contributed by atoms with Crippen LogP contribution in [0.2, 0.25) is 0 Å². The molecule has 1 heterocycles. The number of benzene rings is 1. The van der Waals surface area contributed by atoms with Crippen LogP contribution in [-0.4, -0.2) is 53.1 Å². The maximum atomic E-state index is 12.1. The quantitative estimate of drug-likeness (QED) is 0.560. The van der Waals surface area contributed by atoms with E-state index < -0.39 is 29.7 Å². The van der Waals surface area contributed by atoms with E-state index in [0.717, 1.165) is 12.8 Å². The summed E-state index contributed by atoms with van der Waals surface area (Å²) in [5, 5.41) is 20.9. The molecule has 1 aliphatic rings. The summed E-state index contributed by atoms with van der Waals surface area (Å²) in [6.07, 6.45) is 2.38. The van der Waals surface area contributed by atoms with Crippen molar-refractivity contribution in [1.82, 2.24) is 5.32 Å². The van der Waals surface area contributed by atoms with E-state index in [4.69, 9.17) is 14.6 Å². The van der Waals surface area contributed by atoms with Crippen LogP contribution < -0.4 is 5.32 Å². The van der Waals surface area contributed by atoms with Crippen molar-refractivity contribution >= 4 is 17.8 Å². The van der Waals surface area contributed by atoms with Crippen LogP contribution in [0.15, 0.2) is 30.3 Å². The van der Waals surface area contributed by atoms with E-state index in [1.165, 1.54) is 6.92 Å². The molecule has 1 amide bonds. The zero-order chi connectivity index (χ0) is 19.9. The highest BCUT2D eigenvalue weighted by molar-refractivity contribution is 5.96. The van der Waals surface area contributed by atoms with Crippen LogP contribution in [0.3, 0.4) is 0 Å². The molecule has 1 aromatic carbocycles. The van der Waals surface area contributed by atoms with Gasteiger partial charge in [-0.05, 0) is 25.0 Å². The summed E-state index contributed by atoms with van der Waals surface area (Å²) in [4.78, 5) is 34.5. The predicted octanol–water partition coefficient (Wildman–Crippen LogP) is 1.89. The number of nitrogens with one attached hydrogen (secondary N) is 1. The van der Waals surface area contributed by atoms with Gasteiger partial charge in [0.1, 0.15) is 6.04 Å². The molecular formula is C19H25NO7. The minimum Gasteiger partial charge on any atom is -0.480 e. The summed E-state index contributed by atoms with van der Waals surface area (Å²) >= 11 is 0. The fraction of sp³-hybridized carbons (Fsp3) is 0.526. The van der Waals surface area contributed by atoms with Crippen LogP contribution in [0.1, 0.15) is 43.0 Å². The van der Waals surface area contributed by atoms with Gasteiger partial charge in [-0.25, -0.2) is 9.59 Å². The Morgan fingerprint density at radius 3 is 2.33 bits per heavy atom. The normalized spacial score (nSPS) is 23.4. The number of hydrogen-bond donors (Lipinski definition) is 3. The Balaban J connectivity index is 1.72. The van der Waals surface area contributed by atoms with E-state index in [2.05, 4.69) is 5.32 Å². The first-order valence-electron chi connectivity index (χ1n) is 8.92. The van der Waals surface area contributed by atoms with Crippen LogP contribution in [-0.2, 0) is 19.1 Å². The van der Waals surface area contributed by atoms with E-state index >= 15 is 0 Å². The highest BCUT2D eigenvalue weighted by Gasteiger charge is 2.40. The standard InChI is InChI=1S/C19H25NO7/c1-19(18(24)25)26-11-13(12-27-19)7-5-6-10-15(17(22)23)20-16(21)14-8-3-2-4-9-14/h2-4,8-9,13,15H,5-7,10-12H2,1H3,(H,20,21)(H,22,23)(H,24,25). The monoisotopic (exact) mass is 379 g/mol. The van der Waals surface area contributed by atoms with E-state index in [1.807, 2.05) is 0 Å². The Bertz CT molecular complexity index is 653. The lowest BCUT2D eigenvalue weighted by Crippen LogP contribution is -2.47. The van der Waals surface area contributed by atoms with E-state index in [9.17, 15) is 19.5 Å². The molecule has 8 heteroatoms. The first kappa shape index (κ1) is 20.9. The molecule has 8 nitrogen and oxygen atoms in total. The van der Waals surface area contributed by atoms with Crippen molar-refractivity contribution in [2.24, 2.45) is 5.92 Å². The zero-order valence-corrected chi connectivity index (χ0v) is 15.2. The lowest BCUT2D eigenvalue weighted by Gasteiger charge is -2.34. The molecule has 0 saturated carbocycles. The van der Waals surface area contributed by atoms with Gasteiger partial charge in [-0.2, -0.15) is 0 Å². The number of unbranched alkanes of at least 4 members (excludes halogenated alkanes) is 1. The van der Waals surface area contributed by atoms with E-state index in [0.29, 0.717) is 18.4 Å². The number of aliphatic carboxylic acids is 2. The van der Waals surface area contributed by atoms with Gasteiger partial charge in [0.2, 0.25) is 0 Å². The topological polar surface area (TPSA) is 122 Å². The second-order valence-electron chi connectivity index (χ2n) is 6.75. The summed E-state index contributed by atoms with van der Waals surface area (Å²) in [5.41, 5.74) is 0.418. The molecule has 0 aliphatic carbocycles. The summed E-state index contributed by atoms with van der Waals surface area (Å²) < 4.78 is 10.6. The van der Waals surface area contributed by atoms with Crippen LogP contribution in [0.25, 0.3) is 0 Å². The number of carboxylic acid groups (broad SMARTS) is 2. The van der Waals surface area contributed by atoms with Crippen molar-refractivity contribution in [3.05, 3.63) is 35.9 Å². The van der Waals surface area contributed by atoms with Gasteiger partial charge in [0.15, 0.2) is 0 Å². The van der Waals surface area contributed by atoms with Gasteiger partial charge in [-0.1, -0.05) is 31.0 Å². The summed E-state index contributed by atoms with van der Waals surface area (Å²) in [5.74, 6) is -4.16. The minimum atomic E-state index is -1.59. The third kappa shape index (κ3) is 6.04. The molecule has 0 aromatic heterocycles. The van der Waals surface area contributed by atoms with Crippen molar-refractivity contribution in [1.29, 1.82) is 0 Å². The van der Waals surface area contributed by atoms with Crippen LogP contribution in [0, 0.1) is 5.92 Å². The number of amides is 1. The smallest absolute Gasteiger partial charge is 0.364 e. The fourth-order valence-corrected chi connectivity index (χ4v) is 2.80. The number of rotatable bonds is 9. The second kappa shape index (κ2) is 9.48. The largest absolute Gasteiger partial charge is 0.480 e. The highest BCUT2D eigenvalue weighted by atomic mass is 16.7. The Labute approximate surface area is 157 Å². The fourth-order valence-electron chi connectivity index (χ4n) is 2.80. The molecule has 1 fully saturated rings. The molecule has 3 N–H and O–H groups in total. The molecular weight excluding hydrogens is 354 g/mol. The van der Waals surface area contributed by atoms with Crippen LogP contribution >= 0.6 is 0 Å². The minimum absolute atomic E-state index is 0.0691. The van der Waals surface area contributed by atoms with Gasteiger partial charge in [-0.3, -0.25) is 4.79 Å². The number of carbonyl (C=O) groups excluding carboxylic acids is 1. The average molecular weight is 379 g/mol. The zero-order valence-electron chi connectivity index (χ0n) is 15.2. The van der Waals surface area contributed by atoms with Gasteiger partial charge in [0, 0.05) is 18.4 Å². The molecule has 0 radical (unpaired) electrons. The maximum absolute atomic E-state index is 12.1. The first-order chi connectivity index (χ1) is 12.8. The SMILES string of the molecule is CC1(C(=O)O)OCC(CCCCC(NC(=O)c2ccccc2)C(=O)O)CO1. The van der Waals surface area contributed by atoms with Crippen LogP contribution in [0.5, 0.6) is 0 Å². The second-order valence-corrected chi connectivity index (χ2v) is 6.75. The van der Waals surface area contributed by atoms with Crippen molar-refractivity contribution in [2.45, 2.75) is 44.4 Å². The molecule has 0 spiro atoms. The van der Waals surface area contributed by atoms with Crippen molar-refractivity contribution in [3.8, 4) is 0 Å². The average Bonchev–Trinajstić information content (AvgIpc) is 2.66. The molecule has 1 unspecified atom stereocenters. The predicted molar refractivity (Wildman–Crippen MR) is 95.2 cm³/mol. The van der Waals surface area contributed by atoms with Gasteiger partial charge >= 0.3 is 11.9 Å². The molecule has 148 valence electrons. The van der Waals surface area contributed by atoms with Gasteiger partial charge in [-0.15, -0.1) is 0 Å². The Morgan fingerprint density at radius 2 is 1.78 bits per heavy atom. The van der Waals surface area contributed by atoms with Gasteiger partial charge in [0.25, 0.3) is 11.7 Å². The highest BCUT2D eigenvalue weighted by Crippen LogP contribution is 2.24. The first-order valence-corrected chi connectivity index (χ1v) is 8.92. The van der Waals surface area contributed by atoms with E-state index in [-0.39, 0.29) is 19.1 Å². The van der Waals surface area contributed by atoms with Gasteiger partial charge < -0.3 is 25.0 Å². The Kier molecular flexibility index (Phi) is 7.32. The van der Waals surface area contributed by atoms with Crippen LogP contribution in [0.4, 0.5) is 0 Å². The molecule has 1 aromatic rings. The summed E-state index contributed by atoms with van der Waals surface area (Å²) in [7, 11) is 0. The lowest BCUT2D eigenvalue weighted by atomic mass is 10.00. The molecule has 2 rings (SSSR count). The Hall–Kier alpha value is -2.45.